The number of ether oxygens (including phenoxy) is 1. The predicted molar refractivity (Wildman–Crippen MR) is 89.0 cm³/mol. The van der Waals surface area contributed by atoms with Gasteiger partial charge < -0.3 is 30.5 Å². The van der Waals surface area contributed by atoms with Gasteiger partial charge in [0.1, 0.15) is 24.0 Å². The number of aldehydes is 1. The maximum absolute atomic E-state index is 11.7. The number of carbonyl (C=O) groups excluding carboxylic acids is 2. The van der Waals surface area contributed by atoms with Gasteiger partial charge in [0, 0.05) is 13.0 Å². The van der Waals surface area contributed by atoms with Crippen LogP contribution in [0.3, 0.4) is 0 Å². The molecule has 0 aliphatic carbocycles. The maximum atomic E-state index is 11.7. The van der Waals surface area contributed by atoms with Crippen LogP contribution in [0, 0.1) is 20.2 Å². The molecule has 0 aliphatic rings. The molecule has 0 saturated carbocycles. The number of hydrogen-bond acceptors (Lipinski definition) is 12. The zero-order valence-electron chi connectivity index (χ0n) is 14.3. The highest BCUT2D eigenvalue weighted by molar-refractivity contribution is 5.80. The zero-order chi connectivity index (χ0) is 21.6. The van der Waals surface area contributed by atoms with Crippen LogP contribution in [0.4, 0.5) is 17.1 Å². The van der Waals surface area contributed by atoms with Crippen LogP contribution in [0.2, 0.25) is 0 Å². The molecule has 0 amide bonds. The third kappa shape index (κ3) is 4.74. The highest BCUT2D eigenvalue weighted by atomic mass is 16.6. The molecule has 14 heteroatoms. The van der Waals surface area contributed by atoms with Gasteiger partial charge in [-0.05, 0) is 6.07 Å². The number of nitrogens with zero attached hydrogens (tertiary/aromatic N) is 2. The predicted octanol–water partition coefficient (Wildman–Crippen LogP) is -1.55. The van der Waals surface area contributed by atoms with Crippen molar-refractivity contribution in [1.82, 2.24) is 0 Å². The van der Waals surface area contributed by atoms with Crippen LogP contribution in [0.25, 0.3) is 0 Å². The molecule has 0 spiro atoms. The first kappa shape index (κ1) is 22.8. The number of nitrogens with one attached hydrogen (secondary N) is 1. The number of nitro groups is 2. The Balaban J connectivity index is 3.57. The average Bonchev–Trinajstić information content (AvgIpc) is 2.64. The number of esters is 1. The second-order valence-corrected chi connectivity index (χ2v) is 5.50. The molecular weight excluding hydrogens is 386 g/mol. The van der Waals surface area contributed by atoms with Crippen molar-refractivity contribution in [3.8, 4) is 0 Å². The first-order chi connectivity index (χ1) is 13.0. The van der Waals surface area contributed by atoms with E-state index in [2.05, 4.69) is 0 Å². The molecule has 0 saturated heterocycles. The standard InChI is InChI=1S/C14H17N3O11/c1-7(20)28-14(6-19,13(23)12(22)10(21)5-18)15-8-3-2-4-9(16(24)25)11(8)17(26)27/h2-4,6,10,12-13,15,18,21-23H,5H2,1H3/t10-,12+,13+,14+/m1/s1. The Kier molecular flexibility index (Phi) is 7.45. The smallest absolute Gasteiger partial charge is 0.368 e. The van der Waals surface area contributed by atoms with E-state index in [9.17, 15) is 45.1 Å². The SMILES string of the molecule is CC(=O)O[C@](C=O)(Nc1cccc([N+](=O)[O-])c1[N+](=O)[O-])[C@@H](O)[C@@H](O)[C@H](O)CO. The Bertz CT molecular complexity index is 771. The van der Waals surface area contributed by atoms with Gasteiger partial charge in [-0.25, -0.2) is 0 Å². The van der Waals surface area contributed by atoms with Crippen LogP contribution in [-0.2, 0) is 14.3 Å². The monoisotopic (exact) mass is 403 g/mol. The van der Waals surface area contributed by atoms with E-state index in [0.717, 1.165) is 25.1 Å². The lowest BCUT2D eigenvalue weighted by Crippen LogP contribution is -2.61. The fourth-order valence-electron chi connectivity index (χ4n) is 2.27. The van der Waals surface area contributed by atoms with E-state index in [1.165, 1.54) is 0 Å². The summed E-state index contributed by atoms with van der Waals surface area (Å²) in [5.74, 6) is -1.18. The molecule has 154 valence electrons. The van der Waals surface area contributed by atoms with Gasteiger partial charge >= 0.3 is 17.3 Å². The van der Waals surface area contributed by atoms with Crippen molar-refractivity contribution in [1.29, 1.82) is 0 Å². The van der Waals surface area contributed by atoms with Gasteiger partial charge in [0.2, 0.25) is 0 Å². The summed E-state index contributed by atoms with van der Waals surface area (Å²) in [6, 6.07) is 2.75. The number of benzene rings is 1. The molecule has 1 aromatic carbocycles. The average molecular weight is 403 g/mol. The first-order valence-corrected chi connectivity index (χ1v) is 7.51. The minimum absolute atomic E-state index is 0.227. The van der Waals surface area contributed by atoms with Crippen molar-refractivity contribution in [3.63, 3.8) is 0 Å². The molecule has 0 unspecified atom stereocenters. The number of carbonyl (C=O) groups is 2. The molecule has 0 radical (unpaired) electrons. The quantitative estimate of drug-likeness (QED) is 0.0984. The summed E-state index contributed by atoms with van der Waals surface area (Å²) < 4.78 is 4.69. The topological polar surface area (TPSA) is 223 Å². The van der Waals surface area contributed by atoms with E-state index < -0.39 is 63.5 Å². The van der Waals surface area contributed by atoms with Crippen LogP contribution >= 0.6 is 0 Å². The molecule has 28 heavy (non-hydrogen) atoms. The third-order valence-corrected chi connectivity index (χ3v) is 3.56. The summed E-state index contributed by atoms with van der Waals surface area (Å²) in [4.78, 5) is 43.2. The minimum atomic E-state index is -2.89. The highest BCUT2D eigenvalue weighted by Gasteiger charge is 2.49. The summed E-state index contributed by atoms with van der Waals surface area (Å²) in [6.07, 6.45) is -6.89. The van der Waals surface area contributed by atoms with Gasteiger partial charge in [-0.3, -0.25) is 29.8 Å². The van der Waals surface area contributed by atoms with Crippen molar-refractivity contribution in [3.05, 3.63) is 38.4 Å². The summed E-state index contributed by atoms with van der Waals surface area (Å²) in [5, 5.41) is 62.8. The summed E-state index contributed by atoms with van der Waals surface area (Å²) in [5.41, 5.74) is -5.67. The fraction of sp³-hybridized carbons (Fsp3) is 0.429. The van der Waals surface area contributed by atoms with Gasteiger partial charge in [0.15, 0.2) is 6.29 Å². The normalized spacial score (nSPS) is 16.2. The molecule has 1 rings (SSSR count). The lowest BCUT2D eigenvalue weighted by Gasteiger charge is -2.36. The second-order valence-electron chi connectivity index (χ2n) is 5.50. The van der Waals surface area contributed by atoms with Gasteiger partial charge in [-0.15, -0.1) is 0 Å². The number of para-hydroxylation sites is 1. The minimum Gasteiger partial charge on any atom is -0.429 e. The number of anilines is 1. The molecule has 4 atom stereocenters. The van der Waals surface area contributed by atoms with Crippen molar-refractivity contribution in [2.75, 3.05) is 11.9 Å². The molecule has 1 aromatic rings. The third-order valence-electron chi connectivity index (χ3n) is 3.56. The molecule has 0 bridgehead atoms. The molecule has 0 fully saturated rings. The summed E-state index contributed by atoms with van der Waals surface area (Å²) >= 11 is 0. The molecule has 0 heterocycles. The Labute approximate surface area is 156 Å². The highest BCUT2D eigenvalue weighted by Crippen LogP contribution is 2.36. The van der Waals surface area contributed by atoms with Crippen LogP contribution in [0.15, 0.2) is 18.2 Å². The van der Waals surface area contributed by atoms with E-state index in [1.54, 1.807) is 0 Å². The van der Waals surface area contributed by atoms with E-state index in [0.29, 0.717) is 0 Å². The van der Waals surface area contributed by atoms with E-state index >= 15 is 0 Å². The maximum Gasteiger partial charge on any atom is 0.368 e. The van der Waals surface area contributed by atoms with E-state index in [1.807, 2.05) is 5.32 Å². The first-order valence-electron chi connectivity index (χ1n) is 7.51. The van der Waals surface area contributed by atoms with E-state index in [-0.39, 0.29) is 6.29 Å². The number of hydrogen-bond donors (Lipinski definition) is 5. The van der Waals surface area contributed by atoms with E-state index in [4.69, 9.17) is 9.84 Å². The summed E-state index contributed by atoms with van der Waals surface area (Å²) in [7, 11) is 0. The molecule has 0 aromatic heterocycles. The van der Waals surface area contributed by atoms with Crippen molar-refractivity contribution in [2.24, 2.45) is 0 Å². The van der Waals surface area contributed by atoms with Gasteiger partial charge in [0.25, 0.3) is 5.72 Å². The van der Waals surface area contributed by atoms with Crippen molar-refractivity contribution >= 4 is 29.3 Å². The Morgan fingerprint density at radius 2 is 1.89 bits per heavy atom. The van der Waals surface area contributed by atoms with Crippen LogP contribution < -0.4 is 5.32 Å². The molecule has 14 nitrogen and oxygen atoms in total. The van der Waals surface area contributed by atoms with Crippen LogP contribution in [0.1, 0.15) is 6.92 Å². The van der Waals surface area contributed by atoms with Gasteiger partial charge in [-0.1, -0.05) is 6.07 Å². The van der Waals surface area contributed by atoms with Gasteiger partial charge in [-0.2, -0.15) is 0 Å². The lowest BCUT2D eigenvalue weighted by atomic mass is 9.97. The van der Waals surface area contributed by atoms with Crippen molar-refractivity contribution < 1.29 is 44.6 Å². The summed E-state index contributed by atoms with van der Waals surface area (Å²) in [6.45, 7) is -0.243. The molecular formula is C14H17N3O11. The zero-order valence-corrected chi connectivity index (χ0v) is 14.3. The van der Waals surface area contributed by atoms with Crippen LogP contribution in [-0.4, -0.2) is 73.2 Å². The van der Waals surface area contributed by atoms with Gasteiger partial charge in [0.05, 0.1) is 16.5 Å². The number of aliphatic hydroxyl groups is 4. The lowest BCUT2D eigenvalue weighted by molar-refractivity contribution is -0.421. The number of aliphatic hydroxyl groups excluding tert-OH is 4. The Hall–Kier alpha value is -3.20. The molecule has 5 N–H and O–H groups in total. The van der Waals surface area contributed by atoms with Crippen molar-refractivity contribution in [2.45, 2.75) is 31.0 Å². The fourth-order valence-corrected chi connectivity index (χ4v) is 2.27. The number of rotatable bonds is 10. The van der Waals surface area contributed by atoms with Crippen LogP contribution in [0.5, 0.6) is 0 Å². The Morgan fingerprint density at radius 3 is 2.32 bits per heavy atom. The Morgan fingerprint density at radius 1 is 1.29 bits per heavy atom. The molecule has 0 aliphatic heterocycles. The largest absolute Gasteiger partial charge is 0.429 e. The second kappa shape index (κ2) is 9.14. The number of nitro benzene ring substituents is 2.